The molecule has 1 aromatic heterocycles. The van der Waals surface area contributed by atoms with Crippen LogP contribution in [0.15, 0.2) is 36.4 Å². The molecular formula is C26H27ClF2N4O2. The van der Waals surface area contributed by atoms with Crippen molar-refractivity contribution in [2.45, 2.75) is 44.1 Å². The molecule has 2 aliphatic carbocycles. The SMILES string of the molecule is Cc1cc(C2(O)CC3CC(c4nn(C)c(N)c4C(=O)Nc4ccc(F)c(Cl)c4)CC3C2)ccc1F. The molecule has 3 aromatic rings. The second kappa shape index (κ2) is 8.60. The Balaban J connectivity index is 1.35. The Morgan fingerprint density at radius 3 is 2.46 bits per heavy atom. The number of carbonyl (C=O) groups is 1. The van der Waals surface area contributed by atoms with E-state index >= 15 is 0 Å². The van der Waals surface area contributed by atoms with Gasteiger partial charge in [-0.1, -0.05) is 23.7 Å². The number of aromatic nitrogens is 2. The fourth-order valence-electron chi connectivity index (χ4n) is 5.90. The molecule has 1 heterocycles. The van der Waals surface area contributed by atoms with Gasteiger partial charge in [0.1, 0.15) is 23.0 Å². The first-order valence-corrected chi connectivity index (χ1v) is 12.0. The number of amides is 1. The summed E-state index contributed by atoms with van der Waals surface area (Å²) in [5, 5.41) is 18.6. The number of halogens is 3. The van der Waals surface area contributed by atoms with Gasteiger partial charge in [-0.3, -0.25) is 9.48 Å². The van der Waals surface area contributed by atoms with Crippen LogP contribution in [0.2, 0.25) is 5.02 Å². The largest absolute Gasteiger partial charge is 0.385 e. The highest BCUT2D eigenvalue weighted by molar-refractivity contribution is 6.31. The number of anilines is 2. The maximum absolute atomic E-state index is 13.7. The minimum absolute atomic E-state index is 0.0190. The lowest BCUT2D eigenvalue weighted by atomic mass is 9.86. The molecule has 184 valence electrons. The van der Waals surface area contributed by atoms with Crippen LogP contribution in [0.4, 0.5) is 20.3 Å². The second-order valence-corrected chi connectivity index (χ2v) is 10.4. The van der Waals surface area contributed by atoms with Crippen molar-refractivity contribution in [1.82, 2.24) is 9.78 Å². The van der Waals surface area contributed by atoms with Crippen molar-refractivity contribution >= 4 is 29.0 Å². The molecule has 35 heavy (non-hydrogen) atoms. The van der Waals surface area contributed by atoms with Gasteiger partial charge >= 0.3 is 0 Å². The number of fused-ring (bicyclic) bond motifs is 1. The van der Waals surface area contributed by atoms with Crippen LogP contribution in [0.25, 0.3) is 0 Å². The van der Waals surface area contributed by atoms with Crippen LogP contribution in [-0.2, 0) is 12.6 Å². The van der Waals surface area contributed by atoms with Crippen LogP contribution in [-0.4, -0.2) is 20.8 Å². The van der Waals surface area contributed by atoms with Crippen LogP contribution in [0.1, 0.15) is 58.8 Å². The Hall–Kier alpha value is -2.97. The van der Waals surface area contributed by atoms with Crippen molar-refractivity contribution in [3.8, 4) is 0 Å². The van der Waals surface area contributed by atoms with Crippen molar-refractivity contribution in [2.24, 2.45) is 18.9 Å². The zero-order valence-corrected chi connectivity index (χ0v) is 20.2. The second-order valence-electron chi connectivity index (χ2n) is 9.94. The maximum Gasteiger partial charge on any atom is 0.261 e. The van der Waals surface area contributed by atoms with Gasteiger partial charge in [0.2, 0.25) is 0 Å². The molecule has 0 radical (unpaired) electrons. The summed E-state index contributed by atoms with van der Waals surface area (Å²) in [6.07, 6.45) is 2.70. The first kappa shape index (κ1) is 23.8. The smallest absolute Gasteiger partial charge is 0.261 e. The zero-order chi connectivity index (χ0) is 25.1. The summed E-state index contributed by atoms with van der Waals surface area (Å²) in [6, 6.07) is 8.78. The average molecular weight is 501 g/mol. The van der Waals surface area contributed by atoms with Gasteiger partial charge in [0.05, 0.1) is 16.3 Å². The van der Waals surface area contributed by atoms with E-state index in [9.17, 15) is 18.7 Å². The van der Waals surface area contributed by atoms with Gasteiger partial charge < -0.3 is 16.2 Å². The lowest BCUT2D eigenvalue weighted by molar-refractivity contribution is 0.0343. The van der Waals surface area contributed by atoms with Crippen LogP contribution >= 0.6 is 11.6 Å². The number of nitrogens with zero attached hydrogens (tertiary/aromatic N) is 2. The van der Waals surface area contributed by atoms with Crippen LogP contribution in [0, 0.1) is 30.4 Å². The number of benzene rings is 2. The molecule has 6 nitrogen and oxygen atoms in total. The Bertz CT molecular complexity index is 1310. The minimum atomic E-state index is -0.982. The Morgan fingerprint density at radius 2 is 1.83 bits per heavy atom. The summed E-state index contributed by atoms with van der Waals surface area (Å²) < 4.78 is 28.7. The summed E-state index contributed by atoms with van der Waals surface area (Å²) >= 11 is 5.85. The van der Waals surface area contributed by atoms with E-state index in [1.54, 1.807) is 26.1 Å². The first-order chi connectivity index (χ1) is 16.6. The predicted octanol–water partition coefficient (Wildman–Crippen LogP) is 5.29. The van der Waals surface area contributed by atoms with Crippen molar-refractivity contribution in [3.05, 3.63) is 75.4 Å². The summed E-state index contributed by atoms with van der Waals surface area (Å²) in [5.74, 6) is -0.498. The maximum atomic E-state index is 13.7. The Morgan fingerprint density at radius 1 is 1.17 bits per heavy atom. The standard InChI is InChI=1S/C26H27ClF2N4O2/c1-13-7-17(3-5-20(13)28)26(35)11-15-8-14(9-16(15)12-26)23-22(24(30)33(2)32-23)25(34)31-18-4-6-21(29)19(27)10-18/h3-7,10,14-16,35H,8-9,11-12,30H2,1-2H3,(H,31,34). The van der Waals surface area contributed by atoms with Gasteiger partial charge in [-0.25, -0.2) is 8.78 Å². The quantitative estimate of drug-likeness (QED) is 0.454. The van der Waals surface area contributed by atoms with Crippen molar-refractivity contribution in [2.75, 3.05) is 11.1 Å². The summed E-state index contributed by atoms with van der Waals surface area (Å²) in [6.45, 7) is 1.70. The van der Waals surface area contributed by atoms with Crippen LogP contribution in [0.3, 0.4) is 0 Å². The molecule has 4 N–H and O–H groups in total. The monoisotopic (exact) mass is 500 g/mol. The molecular weight excluding hydrogens is 474 g/mol. The molecule has 2 fully saturated rings. The molecule has 0 bridgehead atoms. The highest BCUT2D eigenvalue weighted by atomic mass is 35.5. The lowest BCUT2D eigenvalue weighted by Crippen LogP contribution is -2.23. The first-order valence-electron chi connectivity index (χ1n) is 11.6. The van der Waals surface area contributed by atoms with Crippen LogP contribution < -0.4 is 11.1 Å². The number of aliphatic hydroxyl groups is 1. The fraction of sp³-hybridized carbons (Fsp3) is 0.385. The minimum Gasteiger partial charge on any atom is -0.385 e. The Labute approximate surface area is 207 Å². The molecule has 1 amide bonds. The van der Waals surface area contributed by atoms with E-state index in [-0.39, 0.29) is 34.4 Å². The van der Waals surface area contributed by atoms with Crippen molar-refractivity contribution < 1.29 is 18.7 Å². The van der Waals surface area contributed by atoms with E-state index in [1.807, 2.05) is 0 Å². The molecule has 2 unspecified atom stereocenters. The van der Waals surface area contributed by atoms with Gasteiger partial charge in [0.15, 0.2) is 0 Å². The average Bonchev–Trinajstić information content (AvgIpc) is 3.42. The number of hydrogen-bond donors (Lipinski definition) is 3. The fourth-order valence-corrected chi connectivity index (χ4v) is 6.08. The topological polar surface area (TPSA) is 93.2 Å². The third-order valence-corrected chi connectivity index (χ3v) is 7.94. The summed E-state index contributed by atoms with van der Waals surface area (Å²) in [5.41, 5.74) is 7.81. The number of nitrogens with one attached hydrogen (secondary N) is 1. The van der Waals surface area contributed by atoms with Gasteiger partial charge in [-0.15, -0.1) is 0 Å². The molecule has 2 saturated carbocycles. The van der Waals surface area contributed by atoms with E-state index in [2.05, 4.69) is 10.4 Å². The molecule has 0 aliphatic heterocycles. The lowest BCUT2D eigenvalue weighted by Gasteiger charge is -2.26. The van der Waals surface area contributed by atoms with Gasteiger partial charge in [0.25, 0.3) is 5.91 Å². The highest BCUT2D eigenvalue weighted by Gasteiger charge is 2.50. The van der Waals surface area contributed by atoms with Gasteiger partial charge in [0, 0.05) is 18.7 Å². The van der Waals surface area contributed by atoms with E-state index in [4.69, 9.17) is 17.3 Å². The van der Waals surface area contributed by atoms with Gasteiger partial charge in [-0.05, 0) is 79.8 Å². The molecule has 5 rings (SSSR count). The van der Waals surface area contributed by atoms with E-state index in [1.165, 1.54) is 28.9 Å². The molecule has 2 atom stereocenters. The number of aryl methyl sites for hydroxylation is 2. The molecule has 9 heteroatoms. The number of rotatable bonds is 4. The Kier molecular flexibility index (Phi) is 5.84. The summed E-state index contributed by atoms with van der Waals surface area (Å²) in [7, 11) is 1.69. The normalized spacial score (nSPS) is 25.6. The molecule has 2 aliphatic rings. The molecule has 2 aromatic carbocycles. The number of nitrogen functional groups attached to an aromatic ring is 1. The number of nitrogens with two attached hydrogens (primary N) is 1. The van der Waals surface area contributed by atoms with Crippen molar-refractivity contribution in [3.63, 3.8) is 0 Å². The molecule has 0 saturated heterocycles. The van der Waals surface area contributed by atoms with E-state index in [0.717, 1.165) is 18.4 Å². The van der Waals surface area contributed by atoms with E-state index < -0.39 is 17.3 Å². The highest BCUT2D eigenvalue weighted by Crippen LogP contribution is 2.57. The molecule has 0 spiro atoms. The third kappa shape index (κ3) is 4.19. The third-order valence-electron chi connectivity index (χ3n) is 7.65. The number of carbonyl (C=O) groups excluding carboxylic acids is 1. The summed E-state index contributed by atoms with van der Waals surface area (Å²) in [4.78, 5) is 13.2. The van der Waals surface area contributed by atoms with E-state index in [0.29, 0.717) is 35.3 Å². The van der Waals surface area contributed by atoms with Gasteiger partial charge in [-0.2, -0.15) is 5.10 Å². The number of hydrogen-bond acceptors (Lipinski definition) is 4. The zero-order valence-electron chi connectivity index (χ0n) is 19.5. The predicted molar refractivity (Wildman–Crippen MR) is 130 cm³/mol. The van der Waals surface area contributed by atoms with Crippen molar-refractivity contribution in [1.29, 1.82) is 0 Å². The van der Waals surface area contributed by atoms with Crippen LogP contribution in [0.5, 0.6) is 0 Å².